The van der Waals surface area contributed by atoms with Crippen molar-refractivity contribution in [1.82, 2.24) is 20.2 Å². The van der Waals surface area contributed by atoms with Crippen molar-refractivity contribution < 1.29 is 4.42 Å². The standard InChI is InChI=1S/C17H16N4O/c1-10-4-3-5-13(8-10)16-20-21-17(22-16)14-9-18-15(12-6-7-12)19-11(14)2/h3-5,8-9,12H,6-7H2,1-2H3. The summed E-state index contributed by atoms with van der Waals surface area (Å²) in [6, 6.07) is 8.00. The van der Waals surface area contributed by atoms with Crippen molar-refractivity contribution in [2.24, 2.45) is 0 Å². The van der Waals surface area contributed by atoms with E-state index < -0.39 is 0 Å². The first kappa shape index (κ1) is 13.1. The van der Waals surface area contributed by atoms with Crippen LogP contribution in [-0.4, -0.2) is 20.2 Å². The molecule has 0 atom stereocenters. The molecule has 22 heavy (non-hydrogen) atoms. The monoisotopic (exact) mass is 292 g/mol. The highest BCUT2D eigenvalue weighted by Gasteiger charge is 2.27. The number of hydrogen-bond donors (Lipinski definition) is 0. The van der Waals surface area contributed by atoms with Gasteiger partial charge in [0.2, 0.25) is 5.89 Å². The van der Waals surface area contributed by atoms with E-state index in [-0.39, 0.29) is 0 Å². The van der Waals surface area contributed by atoms with E-state index in [0.29, 0.717) is 17.7 Å². The zero-order chi connectivity index (χ0) is 15.1. The SMILES string of the molecule is Cc1cccc(-c2nnc(-c3cnc(C4CC4)nc3C)o2)c1. The smallest absolute Gasteiger partial charge is 0.251 e. The van der Waals surface area contributed by atoms with Crippen molar-refractivity contribution in [3.8, 4) is 22.9 Å². The molecule has 2 heterocycles. The lowest BCUT2D eigenvalue weighted by atomic mass is 10.1. The van der Waals surface area contributed by atoms with E-state index in [1.807, 2.05) is 38.1 Å². The van der Waals surface area contributed by atoms with Gasteiger partial charge in [0, 0.05) is 17.7 Å². The fraction of sp³-hybridized carbons (Fsp3) is 0.294. The third-order valence-corrected chi connectivity index (χ3v) is 3.86. The summed E-state index contributed by atoms with van der Waals surface area (Å²) in [6.07, 6.45) is 4.18. The van der Waals surface area contributed by atoms with E-state index in [2.05, 4.69) is 20.2 Å². The van der Waals surface area contributed by atoms with Crippen LogP contribution in [0, 0.1) is 13.8 Å². The quantitative estimate of drug-likeness (QED) is 0.736. The molecule has 1 fully saturated rings. The van der Waals surface area contributed by atoms with Gasteiger partial charge in [-0.25, -0.2) is 9.97 Å². The number of aromatic nitrogens is 4. The van der Waals surface area contributed by atoms with Crippen LogP contribution in [0.2, 0.25) is 0 Å². The maximum absolute atomic E-state index is 5.81. The van der Waals surface area contributed by atoms with Crippen molar-refractivity contribution in [3.63, 3.8) is 0 Å². The van der Waals surface area contributed by atoms with Gasteiger partial charge in [-0.15, -0.1) is 10.2 Å². The fourth-order valence-corrected chi connectivity index (χ4v) is 2.46. The zero-order valence-corrected chi connectivity index (χ0v) is 12.6. The molecule has 1 aromatic carbocycles. The topological polar surface area (TPSA) is 64.7 Å². The summed E-state index contributed by atoms with van der Waals surface area (Å²) in [7, 11) is 0. The molecule has 2 aromatic heterocycles. The minimum Gasteiger partial charge on any atom is -0.416 e. The number of hydrogen-bond acceptors (Lipinski definition) is 5. The summed E-state index contributed by atoms with van der Waals surface area (Å²) < 4.78 is 5.81. The number of benzene rings is 1. The highest BCUT2D eigenvalue weighted by atomic mass is 16.4. The maximum Gasteiger partial charge on any atom is 0.251 e. The Labute approximate surface area is 128 Å². The number of rotatable bonds is 3. The summed E-state index contributed by atoms with van der Waals surface area (Å²) in [6.45, 7) is 3.99. The van der Waals surface area contributed by atoms with Crippen molar-refractivity contribution in [1.29, 1.82) is 0 Å². The van der Waals surface area contributed by atoms with Crippen molar-refractivity contribution >= 4 is 0 Å². The maximum atomic E-state index is 5.81. The molecule has 0 aliphatic heterocycles. The lowest BCUT2D eigenvalue weighted by Crippen LogP contribution is -1.97. The summed E-state index contributed by atoms with van der Waals surface area (Å²) in [5.41, 5.74) is 3.77. The highest BCUT2D eigenvalue weighted by Crippen LogP contribution is 2.38. The minimum atomic E-state index is 0.469. The second-order valence-corrected chi connectivity index (χ2v) is 5.78. The van der Waals surface area contributed by atoms with Gasteiger partial charge in [0.25, 0.3) is 5.89 Å². The zero-order valence-electron chi connectivity index (χ0n) is 12.6. The van der Waals surface area contributed by atoms with Gasteiger partial charge in [0.05, 0.1) is 11.3 Å². The first-order valence-corrected chi connectivity index (χ1v) is 7.45. The molecule has 0 unspecified atom stereocenters. The van der Waals surface area contributed by atoms with E-state index >= 15 is 0 Å². The van der Waals surface area contributed by atoms with Gasteiger partial charge in [-0.3, -0.25) is 0 Å². The largest absolute Gasteiger partial charge is 0.416 e. The Kier molecular flexibility index (Phi) is 2.99. The first-order chi connectivity index (χ1) is 10.7. The molecule has 0 N–H and O–H groups in total. The van der Waals surface area contributed by atoms with Crippen LogP contribution in [0.4, 0.5) is 0 Å². The third kappa shape index (κ3) is 2.39. The van der Waals surface area contributed by atoms with E-state index in [9.17, 15) is 0 Å². The molecule has 0 radical (unpaired) electrons. The van der Waals surface area contributed by atoms with Crippen LogP contribution in [0.1, 0.15) is 35.8 Å². The van der Waals surface area contributed by atoms with Gasteiger partial charge < -0.3 is 4.42 Å². The molecule has 1 aliphatic rings. The Morgan fingerprint density at radius 1 is 1.09 bits per heavy atom. The van der Waals surface area contributed by atoms with Gasteiger partial charge in [-0.05, 0) is 38.8 Å². The molecule has 5 nitrogen and oxygen atoms in total. The molecule has 1 aliphatic carbocycles. The Hall–Kier alpha value is -2.56. The summed E-state index contributed by atoms with van der Waals surface area (Å²) in [5, 5.41) is 8.29. The minimum absolute atomic E-state index is 0.469. The first-order valence-electron chi connectivity index (χ1n) is 7.45. The van der Waals surface area contributed by atoms with Crippen LogP contribution in [0.5, 0.6) is 0 Å². The molecular weight excluding hydrogens is 276 g/mol. The predicted octanol–water partition coefficient (Wildman–Crippen LogP) is 3.69. The average molecular weight is 292 g/mol. The number of aryl methyl sites for hydroxylation is 2. The second-order valence-electron chi connectivity index (χ2n) is 5.78. The fourth-order valence-electron chi connectivity index (χ4n) is 2.46. The van der Waals surface area contributed by atoms with Gasteiger partial charge in [0.15, 0.2) is 0 Å². The van der Waals surface area contributed by atoms with Gasteiger partial charge >= 0.3 is 0 Å². The van der Waals surface area contributed by atoms with Crippen molar-refractivity contribution in [2.45, 2.75) is 32.6 Å². The van der Waals surface area contributed by atoms with E-state index in [1.165, 1.54) is 12.8 Å². The molecular formula is C17H16N4O. The van der Waals surface area contributed by atoms with E-state index in [1.54, 1.807) is 6.20 Å². The van der Waals surface area contributed by atoms with Crippen LogP contribution in [-0.2, 0) is 0 Å². The van der Waals surface area contributed by atoms with E-state index in [0.717, 1.165) is 28.2 Å². The molecule has 3 aromatic rings. The molecule has 4 rings (SSSR count). The molecule has 1 saturated carbocycles. The molecule has 5 heteroatoms. The lowest BCUT2D eigenvalue weighted by Gasteiger charge is -2.02. The normalized spacial score (nSPS) is 14.3. The number of nitrogens with zero attached hydrogens (tertiary/aromatic N) is 4. The summed E-state index contributed by atoms with van der Waals surface area (Å²) in [5.74, 6) is 2.46. The second kappa shape index (κ2) is 5.02. The Bertz CT molecular complexity index is 836. The lowest BCUT2D eigenvalue weighted by molar-refractivity contribution is 0.583. The summed E-state index contributed by atoms with van der Waals surface area (Å²) >= 11 is 0. The van der Waals surface area contributed by atoms with Gasteiger partial charge in [-0.2, -0.15) is 0 Å². The van der Waals surface area contributed by atoms with Crippen LogP contribution >= 0.6 is 0 Å². The highest BCUT2D eigenvalue weighted by molar-refractivity contribution is 5.59. The predicted molar refractivity (Wildman–Crippen MR) is 82.2 cm³/mol. The Morgan fingerprint density at radius 3 is 2.64 bits per heavy atom. The molecule has 110 valence electrons. The Balaban J connectivity index is 1.69. The van der Waals surface area contributed by atoms with Gasteiger partial charge in [0.1, 0.15) is 5.82 Å². The van der Waals surface area contributed by atoms with Crippen molar-refractivity contribution in [3.05, 3.63) is 47.5 Å². The average Bonchev–Trinajstić information content (AvgIpc) is 3.25. The molecule has 0 saturated heterocycles. The molecule has 0 spiro atoms. The Morgan fingerprint density at radius 2 is 1.91 bits per heavy atom. The van der Waals surface area contributed by atoms with Crippen LogP contribution < -0.4 is 0 Å². The van der Waals surface area contributed by atoms with Crippen LogP contribution in [0.25, 0.3) is 22.9 Å². The van der Waals surface area contributed by atoms with E-state index in [4.69, 9.17) is 4.42 Å². The van der Waals surface area contributed by atoms with Crippen LogP contribution in [0.15, 0.2) is 34.9 Å². The molecule has 0 bridgehead atoms. The van der Waals surface area contributed by atoms with Crippen LogP contribution in [0.3, 0.4) is 0 Å². The third-order valence-electron chi connectivity index (χ3n) is 3.86. The summed E-state index contributed by atoms with van der Waals surface area (Å²) in [4.78, 5) is 9.00. The molecule has 0 amide bonds. The van der Waals surface area contributed by atoms with Gasteiger partial charge in [-0.1, -0.05) is 17.7 Å². The van der Waals surface area contributed by atoms with Crippen molar-refractivity contribution in [2.75, 3.05) is 0 Å².